The van der Waals surface area contributed by atoms with Crippen LogP contribution < -0.4 is 0 Å². The highest BCUT2D eigenvalue weighted by molar-refractivity contribution is 5.73. The summed E-state index contributed by atoms with van der Waals surface area (Å²) in [6.45, 7) is 8.73. The molecule has 3 heterocycles. The van der Waals surface area contributed by atoms with Crippen LogP contribution in [0.3, 0.4) is 0 Å². The number of fused-ring (bicyclic) bond motifs is 1. The first kappa shape index (κ1) is 22.6. The van der Waals surface area contributed by atoms with Crippen LogP contribution in [0.4, 0.5) is 13.2 Å². The average molecular weight is 408 g/mol. The number of carbonyl (C=O) groups is 1. The molecule has 0 amide bonds. The third-order valence-electron chi connectivity index (χ3n) is 5.30. The summed E-state index contributed by atoms with van der Waals surface area (Å²) in [6, 6.07) is 0. The Kier molecular flexibility index (Phi) is 7.46. The van der Waals surface area contributed by atoms with Gasteiger partial charge in [0.1, 0.15) is 5.76 Å². The van der Waals surface area contributed by atoms with Crippen LogP contribution in [-0.4, -0.2) is 66.8 Å². The number of aryl methyl sites for hydroxylation is 2. The number of ether oxygens (including phenoxy) is 2. The zero-order valence-electron chi connectivity index (χ0n) is 16.3. The molecule has 160 valence electrons. The lowest BCUT2D eigenvalue weighted by atomic mass is 9.73. The van der Waals surface area contributed by atoms with Crippen molar-refractivity contribution in [2.45, 2.75) is 51.9 Å². The number of methoxy groups -OCH3 is 1. The van der Waals surface area contributed by atoms with Gasteiger partial charge in [0.05, 0.1) is 18.4 Å². The van der Waals surface area contributed by atoms with Crippen LogP contribution in [0.2, 0.25) is 0 Å². The van der Waals surface area contributed by atoms with E-state index < -0.39 is 12.1 Å². The van der Waals surface area contributed by atoms with Crippen molar-refractivity contribution < 1.29 is 37.1 Å². The second kappa shape index (κ2) is 9.23. The van der Waals surface area contributed by atoms with Crippen molar-refractivity contribution in [3.63, 3.8) is 0 Å². The van der Waals surface area contributed by atoms with Crippen LogP contribution in [0.25, 0.3) is 0 Å². The molecule has 7 nitrogen and oxygen atoms in total. The first-order chi connectivity index (χ1) is 13.1. The topological polar surface area (TPSA) is 85.0 Å². The van der Waals surface area contributed by atoms with Gasteiger partial charge in [-0.25, -0.2) is 4.79 Å². The summed E-state index contributed by atoms with van der Waals surface area (Å²) in [6.07, 6.45) is -1.30. The highest BCUT2D eigenvalue weighted by atomic mass is 19.4. The van der Waals surface area contributed by atoms with Gasteiger partial charge in [0.15, 0.2) is 0 Å². The first-order valence-corrected chi connectivity index (χ1v) is 9.14. The Morgan fingerprint density at radius 3 is 2.64 bits per heavy atom. The Hall–Kier alpha value is -1.65. The Labute approximate surface area is 161 Å². The van der Waals surface area contributed by atoms with Gasteiger partial charge in [-0.15, -0.1) is 0 Å². The van der Waals surface area contributed by atoms with Gasteiger partial charge in [-0.2, -0.15) is 13.2 Å². The van der Waals surface area contributed by atoms with Crippen molar-refractivity contribution in [2.75, 3.05) is 33.4 Å². The molecule has 3 rings (SSSR count). The molecule has 0 saturated carbocycles. The lowest BCUT2D eigenvalue weighted by Crippen LogP contribution is -2.56. The van der Waals surface area contributed by atoms with E-state index in [1.807, 2.05) is 13.8 Å². The number of likely N-dealkylation sites (tertiary alicyclic amines) is 1. The van der Waals surface area contributed by atoms with Crippen molar-refractivity contribution in [2.24, 2.45) is 5.41 Å². The fourth-order valence-electron chi connectivity index (χ4n) is 3.97. The number of alkyl halides is 3. The summed E-state index contributed by atoms with van der Waals surface area (Å²) in [5.74, 6) is -1.82. The Morgan fingerprint density at radius 2 is 2.11 bits per heavy atom. The molecule has 0 aliphatic carbocycles. The summed E-state index contributed by atoms with van der Waals surface area (Å²) < 4.78 is 48.6. The normalized spacial score (nSPS) is 25.6. The standard InChI is InChI=1S/C16H26N2O3.C2HF3O2/c1-12-14(13(2)21-17-12)9-18-7-5-15-16(10-18,11-19-3)6-4-8-20-15;3-2(4,5)1(6)7/h15H,4-11H2,1-3H3;(H,6,7). The lowest BCUT2D eigenvalue weighted by molar-refractivity contribution is -0.192. The predicted molar refractivity (Wildman–Crippen MR) is 92.8 cm³/mol. The number of nitrogens with zero attached hydrogens (tertiary/aromatic N) is 2. The molecular weight excluding hydrogens is 381 g/mol. The van der Waals surface area contributed by atoms with Gasteiger partial charge in [-0.3, -0.25) is 4.90 Å². The van der Waals surface area contributed by atoms with Gasteiger partial charge in [-0.1, -0.05) is 5.16 Å². The number of carboxylic acid groups (broad SMARTS) is 1. The van der Waals surface area contributed by atoms with Crippen molar-refractivity contribution in [3.05, 3.63) is 17.0 Å². The third-order valence-corrected chi connectivity index (χ3v) is 5.30. The zero-order valence-corrected chi connectivity index (χ0v) is 16.3. The molecule has 0 radical (unpaired) electrons. The summed E-state index contributed by atoms with van der Waals surface area (Å²) in [5, 5.41) is 11.2. The molecule has 1 aromatic rings. The fourth-order valence-corrected chi connectivity index (χ4v) is 3.97. The fraction of sp³-hybridized carbons (Fsp3) is 0.778. The van der Waals surface area contributed by atoms with E-state index in [0.717, 1.165) is 57.1 Å². The quantitative estimate of drug-likeness (QED) is 0.820. The second-order valence-corrected chi connectivity index (χ2v) is 7.36. The molecule has 28 heavy (non-hydrogen) atoms. The van der Waals surface area contributed by atoms with Crippen molar-refractivity contribution in [3.8, 4) is 0 Å². The number of aliphatic carboxylic acids is 1. The minimum Gasteiger partial charge on any atom is -0.475 e. The van der Waals surface area contributed by atoms with Gasteiger partial charge in [-0.05, 0) is 33.1 Å². The third kappa shape index (κ3) is 5.45. The molecule has 1 N–H and O–H groups in total. The van der Waals surface area contributed by atoms with E-state index in [1.54, 1.807) is 7.11 Å². The minimum absolute atomic E-state index is 0.157. The van der Waals surface area contributed by atoms with Gasteiger partial charge in [0, 0.05) is 44.3 Å². The van der Waals surface area contributed by atoms with Gasteiger partial charge >= 0.3 is 12.1 Å². The number of halogens is 3. The number of hydrogen-bond donors (Lipinski definition) is 1. The molecule has 1 aromatic heterocycles. The Bertz CT molecular complexity index is 641. The minimum atomic E-state index is -5.08. The number of piperidine rings is 1. The molecule has 2 atom stereocenters. The monoisotopic (exact) mass is 408 g/mol. The maximum atomic E-state index is 10.6. The van der Waals surface area contributed by atoms with Crippen molar-refractivity contribution >= 4 is 5.97 Å². The smallest absolute Gasteiger partial charge is 0.475 e. The van der Waals surface area contributed by atoms with Gasteiger partial charge in [0.25, 0.3) is 0 Å². The molecule has 0 spiro atoms. The molecular formula is C18H27F3N2O5. The molecule has 0 bridgehead atoms. The van der Waals surface area contributed by atoms with Crippen LogP contribution in [-0.2, 0) is 20.8 Å². The van der Waals surface area contributed by atoms with E-state index >= 15 is 0 Å². The first-order valence-electron chi connectivity index (χ1n) is 9.14. The largest absolute Gasteiger partial charge is 0.490 e. The van der Waals surface area contributed by atoms with Crippen LogP contribution in [0.15, 0.2) is 4.52 Å². The molecule has 10 heteroatoms. The van der Waals surface area contributed by atoms with Crippen LogP contribution >= 0.6 is 0 Å². The van der Waals surface area contributed by atoms with Gasteiger partial charge in [0.2, 0.25) is 0 Å². The predicted octanol–water partition coefficient (Wildman–Crippen LogP) is 2.94. The number of aromatic nitrogens is 1. The molecule has 0 aromatic carbocycles. The summed E-state index contributed by atoms with van der Waals surface area (Å²) in [4.78, 5) is 11.4. The zero-order chi connectivity index (χ0) is 20.9. The molecule has 2 aliphatic heterocycles. The van der Waals surface area contributed by atoms with Crippen molar-refractivity contribution in [1.29, 1.82) is 0 Å². The number of rotatable bonds is 4. The molecule has 2 fully saturated rings. The molecule has 2 aliphatic rings. The maximum absolute atomic E-state index is 10.6. The number of carboxylic acids is 1. The lowest BCUT2D eigenvalue weighted by Gasteiger charge is -2.50. The Morgan fingerprint density at radius 1 is 1.43 bits per heavy atom. The van der Waals surface area contributed by atoms with E-state index in [2.05, 4.69) is 10.1 Å². The average Bonchev–Trinajstić information content (AvgIpc) is 2.93. The second-order valence-electron chi connectivity index (χ2n) is 7.36. The van der Waals surface area contributed by atoms with E-state index in [9.17, 15) is 13.2 Å². The SMILES string of the molecule is COCC12CCCOC1CCN(Cc1c(C)noc1C)C2.O=C(O)C(F)(F)F. The van der Waals surface area contributed by atoms with E-state index in [1.165, 1.54) is 12.0 Å². The van der Waals surface area contributed by atoms with E-state index in [0.29, 0.717) is 6.10 Å². The highest BCUT2D eigenvalue weighted by Crippen LogP contribution is 2.40. The van der Waals surface area contributed by atoms with E-state index in [4.69, 9.17) is 23.9 Å². The van der Waals surface area contributed by atoms with Crippen LogP contribution in [0, 0.1) is 19.3 Å². The van der Waals surface area contributed by atoms with Crippen LogP contribution in [0.5, 0.6) is 0 Å². The Balaban J connectivity index is 0.000000345. The summed E-state index contributed by atoms with van der Waals surface area (Å²) >= 11 is 0. The van der Waals surface area contributed by atoms with Crippen LogP contribution in [0.1, 0.15) is 36.3 Å². The highest BCUT2D eigenvalue weighted by Gasteiger charge is 2.46. The van der Waals surface area contributed by atoms with Crippen molar-refractivity contribution in [1.82, 2.24) is 10.1 Å². The number of hydrogen-bond acceptors (Lipinski definition) is 6. The summed E-state index contributed by atoms with van der Waals surface area (Å²) in [7, 11) is 1.80. The molecule has 2 saturated heterocycles. The summed E-state index contributed by atoms with van der Waals surface area (Å²) in [5.41, 5.74) is 2.40. The molecule has 2 unspecified atom stereocenters. The maximum Gasteiger partial charge on any atom is 0.490 e. The van der Waals surface area contributed by atoms with E-state index in [-0.39, 0.29) is 5.41 Å². The van der Waals surface area contributed by atoms with Gasteiger partial charge < -0.3 is 19.1 Å².